The topological polar surface area (TPSA) is 77.1 Å². The van der Waals surface area contributed by atoms with Crippen LogP contribution in [-0.4, -0.2) is 82.2 Å². The van der Waals surface area contributed by atoms with E-state index in [2.05, 4.69) is 64.9 Å². The van der Waals surface area contributed by atoms with Gasteiger partial charge in [-0.2, -0.15) is 0 Å². The average Bonchev–Trinajstić information content (AvgIpc) is 4.02. The fourth-order valence-corrected chi connectivity index (χ4v) is 8.99. The van der Waals surface area contributed by atoms with Crippen LogP contribution in [0.4, 0.5) is 5.69 Å². The summed E-state index contributed by atoms with van der Waals surface area (Å²) in [5.41, 5.74) is 8.91. The number of hydrogen-bond donors (Lipinski definition) is 2. The first-order valence-corrected chi connectivity index (χ1v) is 18.3. The van der Waals surface area contributed by atoms with Crippen molar-refractivity contribution in [2.75, 3.05) is 53.3 Å². The Bertz CT molecular complexity index is 1580. The molecule has 1 aliphatic heterocycles. The lowest BCUT2D eigenvalue weighted by atomic mass is 9.74. The molecule has 8 nitrogen and oxygen atoms in total. The fourth-order valence-electron chi connectivity index (χ4n) is 8.99. The molecule has 0 saturated heterocycles. The molecule has 48 heavy (non-hydrogen) atoms. The predicted molar refractivity (Wildman–Crippen MR) is 193 cm³/mol. The minimum atomic E-state index is -0.563. The number of anilines is 1. The number of carbonyl (C=O) groups is 2. The fraction of sp³-hybridized carbons (Fsp3) is 0.600. The van der Waals surface area contributed by atoms with Crippen LogP contribution < -0.4 is 20.4 Å². The van der Waals surface area contributed by atoms with Crippen molar-refractivity contribution >= 4 is 29.2 Å². The van der Waals surface area contributed by atoms with Gasteiger partial charge in [-0.1, -0.05) is 44.4 Å². The standard InChI is InChI=1S/C40H55N5O3/c1-25-35(41-23-26-12-13-26)21-36(25)45(5)39(47)40-22-34(40)33-20-30(48-6)16-14-28(33)18-32(27-10-8-7-9-11-27)31-17-15-29(38(46)42-43(2)3)19-37(31)44(4)24-40/h14-20,25-27,34-36,41H,7-13,21-24H2,1-6H3,(H,42,46)/b32-18+. The summed E-state index contributed by atoms with van der Waals surface area (Å²) in [6.07, 6.45) is 13.0. The number of rotatable bonds is 9. The van der Waals surface area contributed by atoms with Gasteiger partial charge in [-0.25, -0.2) is 5.01 Å². The number of amides is 2. The van der Waals surface area contributed by atoms with Gasteiger partial charge in [0, 0.05) is 69.6 Å². The smallest absolute Gasteiger partial charge is 0.265 e. The van der Waals surface area contributed by atoms with Crippen LogP contribution in [0.3, 0.4) is 0 Å². The Labute approximate surface area is 287 Å². The first-order chi connectivity index (χ1) is 23.1. The molecule has 0 aromatic heterocycles. The zero-order valence-electron chi connectivity index (χ0n) is 29.9. The third kappa shape index (κ3) is 6.26. The summed E-state index contributed by atoms with van der Waals surface area (Å²) in [4.78, 5) is 32.5. The zero-order chi connectivity index (χ0) is 33.7. The Morgan fingerprint density at radius 3 is 2.48 bits per heavy atom. The summed E-state index contributed by atoms with van der Waals surface area (Å²) in [6, 6.07) is 13.3. The largest absolute Gasteiger partial charge is 0.497 e. The van der Waals surface area contributed by atoms with E-state index in [0.29, 0.717) is 30.0 Å². The highest BCUT2D eigenvalue weighted by Crippen LogP contribution is 2.63. The first kappa shape index (κ1) is 33.2. The number of methoxy groups -OCH3 is 1. The van der Waals surface area contributed by atoms with E-state index in [0.717, 1.165) is 49.6 Å². The predicted octanol–water partition coefficient (Wildman–Crippen LogP) is 6.18. The highest BCUT2D eigenvalue weighted by Gasteiger charge is 2.63. The molecular weight excluding hydrogens is 598 g/mol. The van der Waals surface area contributed by atoms with Crippen molar-refractivity contribution < 1.29 is 14.3 Å². The Hall–Kier alpha value is -3.36. The van der Waals surface area contributed by atoms with Crippen LogP contribution in [0.1, 0.15) is 97.7 Å². The van der Waals surface area contributed by atoms with Gasteiger partial charge in [0.1, 0.15) is 5.75 Å². The van der Waals surface area contributed by atoms with E-state index in [1.54, 1.807) is 12.1 Å². The van der Waals surface area contributed by atoms with E-state index in [1.165, 1.54) is 54.4 Å². The monoisotopic (exact) mass is 653 g/mol. The molecule has 1 heterocycles. The molecule has 5 unspecified atom stereocenters. The molecule has 7 rings (SSSR count). The summed E-state index contributed by atoms with van der Waals surface area (Å²) < 4.78 is 5.76. The lowest BCUT2D eigenvalue weighted by Gasteiger charge is -2.49. The minimum absolute atomic E-state index is 0.0878. The van der Waals surface area contributed by atoms with Crippen molar-refractivity contribution in [3.05, 3.63) is 58.7 Å². The second kappa shape index (κ2) is 13.2. The third-order valence-corrected chi connectivity index (χ3v) is 12.3. The highest BCUT2D eigenvalue weighted by atomic mass is 16.5. The van der Waals surface area contributed by atoms with Crippen LogP contribution >= 0.6 is 0 Å². The summed E-state index contributed by atoms with van der Waals surface area (Å²) >= 11 is 0. The van der Waals surface area contributed by atoms with E-state index in [1.807, 2.05) is 33.3 Å². The Morgan fingerprint density at radius 2 is 1.79 bits per heavy atom. The molecule has 258 valence electrons. The molecule has 2 aromatic rings. The number of hydrazine groups is 1. The molecule has 5 atom stereocenters. The van der Waals surface area contributed by atoms with Gasteiger partial charge >= 0.3 is 0 Å². The molecule has 0 bridgehead atoms. The molecule has 4 aliphatic carbocycles. The van der Waals surface area contributed by atoms with Crippen molar-refractivity contribution in [1.82, 2.24) is 20.7 Å². The van der Waals surface area contributed by atoms with E-state index in [4.69, 9.17) is 4.74 Å². The van der Waals surface area contributed by atoms with Gasteiger partial charge in [-0.3, -0.25) is 15.0 Å². The van der Waals surface area contributed by atoms with Gasteiger partial charge in [0.2, 0.25) is 5.91 Å². The quantitative estimate of drug-likeness (QED) is 0.315. The van der Waals surface area contributed by atoms with Crippen molar-refractivity contribution in [3.63, 3.8) is 0 Å². The number of nitrogens with one attached hydrogen (secondary N) is 2. The molecule has 8 heteroatoms. The first-order valence-electron chi connectivity index (χ1n) is 18.3. The number of carbonyl (C=O) groups excluding carboxylic acids is 2. The lowest BCUT2D eigenvalue weighted by molar-refractivity contribution is -0.141. The molecule has 2 aromatic carbocycles. The van der Waals surface area contributed by atoms with Crippen LogP contribution in [-0.2, 0) is 4.79 Å². The van der Waals surface area contributed by atoms with Crippen LogP contribution in [0.25, 0.3) is 11.6 Å². The second-order valence-corrected chi connectivity index (χ2v) is 15.8. The number of benzene rings is 2. The number of fused-ring (bicyclic) bond motifs is 4. The maximum Gasteiger partial charge on any atom is 0.265 e. The molecule has 4 saturated carbocycles. The zero-order valence-corrected chi connectivity index (χ0v) is 29.9. The number of nitrogens with zero attached hydrogens (tertiary/aromatic N) is 3. The number of ether oxygens (including phenoxy) is 1. The van der Waals surface area contributed by atoms with Gasteiger partial charge in [0.05, 0.1) is 12.5 Å². The molecule has 0 spiro atoms. The SMILES string of the molecule is COc1ccc2c(c1)C1CC1(C(=O)N(C)C1CC(NCC3CC3)C1C)CN(C)c1cc(C(=O)NN(C)C)ccc1/C(C1CCCCC1)=C/2. The Kier molecular flexibility index (Phi) is 9.09. The molecule has 4 fully saturated rings. The van der Waals surface area contributed by atoms with Crippen LogP contribution in [0.2, 0.25) is 0 Å². The number of hydrogen-bond acceptors (Lipinski definition) is 6. The van der Waals surface area contributed by atoms with E-state index in [-0.39, 0.29) is 23.8 Å². The maximum absolute atomic E-state index is 14.9. The van der Waals surface area contributed by atoms with Gasteiger partial charge in [-0.15, -0.1) is 0 Å². The maximum atomic E-state index is 14.9. The summed E-state index contributed by atoms with van der Waals surface area (Å²) in [6.45, 7) is 4.00. The third-order valence-electron chi connectivity index (χ3n) is 12.3. The van der Waals surface area contributed by atoms with Gasteiger partial charge in [-0.05, 0) is 104 Å². The Balaban J connectivity index is 1.29. The van der Waals surface area contributed by atoms with Crippen LogP contribution in [0, 0.1) is 23.2 Å². The summed E-state index contributed by atoms with van der Waals surface area (Å²) in [7, 11) is 9.54. The van der Waals surface area contributed by atoms with Crippen molar-refractivity contribution in [2.24, 2.45) is 23.2 Å². The van der Waals surface area contributed by atoms with Crippen molar-refractivity contribution in [3.8, 4) is 5.75 Å². The van der Waals surface area contributed by atoms with Gasteiger partial charge < -0.3 is 19.9 Å². The summed E-state index contributed by atoms with van der Waals surface area (Å²) in [5, 5.41) is 5.47. The van der Waals surface area contributed by atoms with Gasteiger partial charge in [0.15, 0.2) is 0 Å². The summed E-state index contributed by atoms with van der Waals surface area (Å²) in [5.74, 6) is 2.75. The van der Waals surface area contributed by atoms with Crippen LogP contribution in [0.15, 0.2) is 36.4 Å². The molecule has 0 radical (unpaired) electrons. The van der Waals surface area contributed by atoms with E-state index >= 15 is 0 Å². The second-order valence-electron chi connectivity index (χ2n) is 15.8. The molecule has 2 N–H and O–H groups in total. The van der Waals surface area contributed by atoms with Crippen LogP contribution in [0.5, 0.6) is 5.75 Å². The number of allylic oxidation sites excluding steroid dienone is 1. The van der Waals surface area contributed by atoms with Gasteiger partial charge in [0.25, 0.3) is 5.91 Å². The average molecular weight is 654 g/mol. The van der Waals surface area contributed by atoms with E-state index in [9.17, 15) is 9.59 Å². The molecular formula is C40H55N5O3. The van der Waals surface area contributed by atoms with Crippen molar-refractivity contribution in [2.45, 2.75) is 82.7 Å². The lowest BCUT2D eigenvalue weighted by Crippen LogP contribution is -2.61. The minimum Gasteiger partial charge on any atom is -0.497 e. The highest BCUT2D eigenvalue weighted by molar-refractivity contribution is 5.98. The molecule has 5 aliphatic rings. The van der Waals surface area contributed by atoms with Crippen molar-refractivity contribution in [1.29, 1.82) is 0 Å². The normalized spacial score (nSPS) is 29.4. The molecule has 2 amide bonds. The van der Waals surface area contributed by atoms with E-state index < -0.39 is 5.41 Å². The Morgan fingerprint density at radius 1 is 1.02 bits per heavy atom.